The highest BCUT2D eigenvalue weighted by atomic mass is 32.2. The lowest BCUT2D eigenvalue weighted by Crippen LogP contribution is -2.33. The summed E-state index contributed by atoms with van der Waals surface area (Å²) in [6.45, 7) is 4.51. The summed E-state index contributed by atoms with van der Waals surface area (Å²) >= 11 is 4.56. The van der Waals surface area contributed by atoms with Crippen LogP contribution in [-0.4, -0.2) is 27.9 Å². The summed E-state index contributed by atoms with van der Waals surface area (Å²) in [4.78, 5) is 13.8. The Kier molecular flexibility index (Phi) is 7.41. The maximum atomic E-state index is 13.0. The molecule has 2 aromatic heterocycles. The number of nitrogens with one attached hydrogen (secondary N) is 2. The maximum absolute atomic E-state index is 13.0. The summed E-state index contributed by atoms with van der Waals surface area (Å²) in [6.07, 6.45) is 0.944. The van der Waals surface area contributed by atoms with Crippen LogP contribution >= 0.6 is 34.4 Å². The lowest BCUT2D eigenvalue weighted by molar-refractivity contribution is -0.120. The number of thioether (sulfide) groups is 1. The van der Waals surface area contributed by atoms with Gasteiger partial charge in [-0.1, -0.05) is 41.3 Å². The van der Waals surface area contributed by atoms with Gasteiger partial charge in [0.15, 0.2) is 4.34 Å². The van der Waals surface area contributed by atoms with E-state index in [4.69, 9.17) is 0 Å². The van der Waals surface area contributed by atoms with Gasteiger partial charge in [0.25, 0.3) is 0 Å². The third kappa shape index (κ3) is 6.02. The van der Waals surface area contributed by atoms with Crippen LogP contribution in [0.1, 0.15) is 30.3 Å². The fourth-order valence-corrected chi connectivity index (χ4v) is 5.09. The molecule has 0 radical (unpaired) electrons. The van der Waals surface area contributed by atoms with E-state index >= 15 is 0 Å². The second kappa shape index (κ2) is 9.99. The zero-order valence-electron chi connectivity index (χ0n) is 15.5. The summed E-state index contributed by atoms with van der Waals surface area (Å²) in [5, 5.41) is 17.0. The number of anilines is 1. The zero-order valence-corrected chi connectivity index (χ0v) is 18.0. The van der Waals surface area contributed by atoms with Crippen molar-refractivity contribution in [1.82, 2.24) is 15.5 Å². The monoisotopic (exact) mass is 436 g/mol. The Labute approximate surface area is 175 Å². The first-order valence-electron chi connectivity index (χ1n) is 8.83. The Morgan fingerprint density at radius 3 is 2.71 bits per heavy atom. The lowest BCUT2D eigenvalue weighted by atomic mass is 10.1. The molecule has 1 aromatic carbocycles. The zero-order chi connectivity index (χ0) is 19.9. The van der Waals surface area contributed by atoms with Gasteiger partial charge in [0.1, 0.15) is 5.82 Å². The molecule has 0 aliphatic carbocycles. The van der Waals surface area contributed by atoms with Crippen molar-refractivity contribution in [2.45, 2.75) is 35.9 Å². The van der Waals surface area contributed by atoms with E-state index in [2.05, 4.69) is 32.3 Å². The van der Waals surface area contributed by atoms with E-state index in [-0.39, 0.29) is 23.0 Å². The van der Waals surface area contributed by atoms with Crippen LogP contribution in [-0.2, 0) is 11.2 Å². The van der Waals surface area contributed by atoms with E-state index < -0.39 is 0 Å². The summed E-state index contributed by atoms with van der Waals surface area (Å²) in [5.74, 6) is -0.383. The van der Waals surface area contributed by atoms with Crippen molar-refractivity contribution in [2.75, 3.05) is 11.9 Å². The second-order valence-electron chi connectivity index (χ2n) is 6.17. The molecule has 0 saturated carbocycles. The largest absolute Gasteiger partial charge is 0.360 e. The molecule has 0 bridgehead atoms. The van der Waals surface area contributed by atoms with Gasteiger partial charge in [-0.05, 0) is 49.4 Å². The van der Waals surface area contributed by atoms with E-state index in [0.717, 1.165) is 28.0 Å². The van der Waals surface area contributed by atoms with Crippen LogP contribution in [0.3, 0.4) is 0 Å². The third-order valence-corrected chi connectivity index (χ3v) is 7.01. The second-order valence-corrected chi connectivity index (χ2v) is 9.77. The van der Waals surface area contributed by atoms with Crippen LogP contribution in [0.5, 0.6) is 0 Å². The maximum Gasteiger partial charge on any atom is 0.233 e. The Morgan fingerprint density at radius 2 is 2.00 bits per heavy atom. The van der Waals surface area contributed by atoms with Crippen LogP contribution in [0.15, 0.2) is 46.1 Å². The number of hydrogen-bond acceptors (Lipinski definition) is 7. The van der Waals surface area contributed by atoms with Crippen molar-refractivity contribution in [3.63, 3.8) is 0 Å². The molecule has 2 atom stereocenters. The van der Waals surface area contributed by atoms with Gasteiger partial charge in [0.2, 0.25) is 11.0 Å². The van der Waals surface area contributed by atoms with Crippen LogP contribution in [0, 0.1) is 5.82 Å². The fourth-order valence-electron chi connectivity index (χ4n) is 2.45. The molecule has 2 unspecified atom stereocenters. The first kappa shape index (κ1) is 20.8. The number of halogens is 1. The smallest absolute Gasteiger partial charge is 0.233 e. The fraction of sp³-hybridized carbons (Fsp3) is 0.316. The number of amides is 1. The van der Waals surface area contributed by atoms with Crippen molar-refractivity contribution in [2.24, 2.45) is 0 Å². The van der Waals surface area contributed by atoms with Crippen molar-refractivity contribution in [3.05, 3.63) is 58.0 Å². The molecule has 148 valence electrons. The summed E-state index contributed by atoms with van der Waals surface area (Å²) in [6, 6.07) is 10.1. The average Bonchev–Trinajstić information content (AvgIpc) is 3.34. The van der Waals surface area contributed by atoms with E-state index in [0.29, 0.717) is 0 Å². The van der Waals surface area contributed by atoms with E-state index in [9.17, 15) is 9.18 Å². The number of rotatable bonds is 9. The van der Waals surface area contributed by atoms with Crippen LogP contribution < -0.4 is 10.6 Å². The number of aromatic nitrogens is 2. The Hall–Kier alpha value is -1.97. The molecule has 3 rings (SSSR count). The molecule has 1 amide bonds. The van der Waals surface area contributed by atoms with Gasteiger partial charge >= 0.3 is 0 Å². The van der Waals surface area contributed by atoms with Crippen molar-refractivity contribution in [1.29, 1.82) is 0 Å². The summed E-state index contributed by atoms with van der Waals surface area (Å²) in [7, 11) is 0. The Morgan fingerprint density at radius 1 is 1.21 bits per heavy atom. The van der Waals surface area contributed by atoms with Gasteiger partial charge in [-0.3, -0.25) is 4.79 Å². The molecule has 0 fully saturated rings. The highest BCUT2D eigenvalue weighted by Gasteiger charge is 2.19. The van der Waals surface area contributed by atoms with E-state index in [1.54, 1.807) is 23.5 Å². The minimum Gasteiger partial charge on any atom is -0.360 e. The first-order chi connectivity index (χ1) is 13.5. The molecule has 0 aliphatic rings. The highest BCUT2D eigenvalue weighted by molar-refractivity contribution is 8.02. The predicted octanol–water partition coefficient (Wildman–Crippen LogP) is 4.75. The Balaban J connectivity index is 1.45. The molecule has 2 heterocycles. The summed E-state index contributed by atoms with van der Waals surface area (Å²) in [5.41, 5.74) is 0.861. The molecule has 5 nitrogen and oxygen atoms in total. The molecule has 0 saturated heterocycles. The first-order valence-corrected chi connectivity index (χ1v) is 11.4. The number of carbonyl (C=O) groups excluding carboxylic acids is 1. The minimum absolute atomic E-state index is 0.0933. The third-order valence-electron chi connectivity index (χ3n) is 4.01. The van der Waals surface area contributed by atoms with Crippen molar-refractivity contribution >= 4 is 45.5 Å². The number of benzene rings is 1. The van der Waals surface area contributed by atoms with E-state index in [1.807, 2.05) is 19.9 Å². The van der Waals surface area contributed by atoms with Crippen LogP contribution in [0.4, 0.5) is 9.52 Å². The quantitative estimate of drug-likeness (QED) is 0.474. The number of thiophene rings is 1. The molecule has 3 aromatic rings. The van der Waals surface area contributed by atoms with Crippen molar-refractivity contribution < 1.29 is 9.18 Å². The molecule has 0 spiro atoms. The van der Waals surface area contributed by atoms with Gasteiger partial charge in [-0.2, -0.15) is 0 Å². The standard InChI is InChI=1S/C19H21FN4OS3/c1-12(14-5-7-15(20)8-6-14)22-17(25)13(2)27-19-24-23-18(28-19)21-10-9-16-4-3-11-26-16/h3-8,11-13H,9-10H2,1-2H3,(H,21,23)(H,22,25). The van der Waals surface area contributed by atoms with Gasteiger partial charge in [-0.15, -0.1) is 21.5 Å². The number of carbonyl (C=O) groups is 1. The number of nitrogens with zero attached hydrogens (tertiary/aromatic N) is 2. The normalized spacial score (nSPS) is 13.1. The molecule has 2 N–H and O–H groups in total. The minimum atomic E-state index is -0.310. The SMILES string of the molecule is CC(Sc1nnc(NCCc2cccs2)s1)C(=O)NC(C)c1ccc(F)cc1. The summed E-state index contributed by atoms with van der Waals surface area (Å²) < 4.78 is 13.8. The molecule has 9 heteroatoms. The molecular weight excluding hydrogens is 415 g/mol. The van der Waals surface area contributed by atoms with E-state index in [1.165, 1.54) is 40.1 Å². The number of hydrogen-bond donors (Lipinski definition) is 2. The molecular formula is C19H21FN4OS3. The topological polar surface area (TPSA) is 66.9 Å². The average molecular weight is 437 g/mol. The Bertz CT molecular complexity index is 883. The van der Waals surface area contributed by atoms with Crippen LogP contribution in [0.2, 0.25) is 0 Å². The van der Waals surface area contributed by atoms with Gasteiger partial charge in [0.05, 0.1) is 11.3 Å². The van der Waals surface area contributed by atoms with Gasteiger partial charge < -0.3 is 10.6 Å². The predicted molar refractivity (Wildman–Crippen MR) is 115 cm³/mol. The molecule has 28 heavy (non-hydrogen) atoms. The highest BCUT2D eigenvalue weighted by Crippen LogP contribution is 2.29. The van der Waals surface area contributed by atoms with Gasteiger partial charge in [0, 0.05) is 11.4 Å². The lowest BCUT2D eigenvalue weighted by Gasteiger charge is -2.17. The van der Waals surface area contributed by atoms with Crippen LogP contribution in [0.25, 0.3) is 0 Å². The molecule has 0 aliphatic heterocycles. The van der Waals surface area contributed by atoms with Gasteiger partial charge in [-0.25, -0.2) is 4.39 Å². The van der Waals surface area contributed by atoms with Crippen molar-refractivity contribution in [3.8, 4) is 0 Å².